The Balaban J connectivity index is 1.64. The van der Waals surface area contributed by atoms with Crippen LogP contribution in [0.2, 0.25) is 0 Å². The van der Waals surface area contributed by atoms with E-state index in [4.69, 9.17) is 4.74 Å². The van der Waals surface area contributed by atoms with Crippen molar-refractivity contribution in [2.45, 2.75) is 31.7 Å². The summed E-state index contributed by atoms with van der Waals surface area (Å²) in [6.45, 7) is 2.97. The summed E-state index contributed by atoms with van der Waals surface area (Å²) in [5.41, 5.74) is 1.46. The van der Waals surface area contributed by atoms with Crippen LogP contribution in [0.1, 0.15) is 24.8 Å². The maximum atomic E-state index is 5.44. The predicted octanol–water partition coefficient (Wildman–Crippen LogP) is 2.45. The Labute approximate surface area is 95.6 Å². The van der Waals surface area contributed by atoms with Gasteiger partial charge in [-0.3, -0.25) is 0 Å². The molecule has 1 N–H and O–H groups in total. The summed E-state index contributed by atoms with van der Waals surface area (Å²) < 4.78 is 5.44. The number of hydrogen-bond donors (Lipinski definition) is 1. The fraction of sp³-hybridized carbons (Fsp3) is 0.667. The summed E-state index contributed by atoms with van der Waals surface area (Å²) >= 11 is 1.78. The smallest absolute Gasteiger partial charge is 0.0480 e. The van der Waals surface area contributed by atoms with E-state index in [1.165, 1.54) is 24.8 Å². The van der Waals surface area contributed by atoms with Crippen molar-refractivity contribution in [3.05, 3.63) is 22.4 Å². The molecule has 1 saturated heterocycles. The van der Waals surface area contributed by atoms with E-state index in [9.17, 15) is 0 Å². The molecule has 0 saturated carbocycles. The van der Waals surface area contributed by atoms with Crippen LogP contribution in [-0.4, -0.2) is 25.8 Å². The van der Waals surface area contributed by atoms with E-state index in [2.05, 4.69) is 22.1 Å². The van der Waals surface area contributed by atoms with Gasteiger partial charge >= 0.3 is 0 Å². The van der Waals surface area contributed by atoms with Crippen molar-refractivity contribution in [2.24, 2.45) is 0 Å². The highest BCUT2D eigenvalue weighted by Crippen LogP contribution is 2.09. The Morgan fingerprint density at radius 2 is 2.40 bits per heavy atom. The van der Waals surface area contributed by atoms with E-state index in [0.29, 0.717) is 6.04 Å². The average Bonchev–Trinajstić information content (AvgIpc) is 2.62. The molecular formula is C12H19NOS. The largest absolute Gasteiger partial charge is 0.381 e. The maximum absolute atomic E-state index is 5.44. The molecular weight excluding hydrogens is 206 g/mol. The zero-order valence-electron chi connectivity index (χ0n) is 9.08. The molecule has 1 aromatic heterocycles. The van der Waals surface area contributed by atoms with Gasteiger partial charge in [-0.05, 0) is 54.6 Å². The molecule has 2 nitrogen and oxygen atoms in total. The van der Waals surface area contributed by atoms with Gasteiger partial charge in [0.1, 0.15) is 0 Å². The highest BCUT2D eigenvalue weighted by molar-refractivity contribution is 7.07. The summed E-state index contributed by atoms with van der Waals surface area (Å²) in [7, 11) is 0. The molecule has 1 fully saturated rings. The third kappa shape index (κ3) is 3.93. The molecule has 0 spiro atoms. The summed E-state index contributed by atoms with van der Waals surface area (Å²) in [4.78, 5) is 0. The molecule has 0 aliphatic carbocycles. The molecule has 15 heavy (non-hydrogen) atoms. The van der Waals surface area contributed by atoms with Crippen LogP contribution in [0.4, 0.5) is 0 Å². The lowest BCUT2D eigenvalue weighted by atomic mass is 10.1. The standard InChI is InChI=1S/C12H19NOS/c1-2-12(4-8-14-7-1)13-6-3-11-5-9-15-10-11/h5,9-10,12-13H,1-4,6-8H2. The van der Waals surface area contributed by atoms with Crippen LogP contribution in [0, 0.1) is 0 Å². The molecule has 0 bridgehead atoms. The van der Waals surface area contributed by atoms with Crippen LogP contribution >= 0.6 is 11.3 Å². The molecule has 0 radical (unpaired) electrons. The summed E-state index contributed by atoms with van der Waals surface area (Å²) in [6.07, 6.45) is 4.80. The molecule has 84 valence electrons. The molecule has 3 heteroatoms. The second-order valence-electron chi connectivity index (χ2n) is 4.08. The number of ether oxygens (including phenoxy) is 1. The molecule has 1 aliphatic rings. The zero-order valence-corrected chi connectivity index (χ0v) is 9.89. The van der Waals surface area contributed by atoms with Crippen LogP contribution in [0.15, 0.2) is 16.8 Å². The number of rotatable bonds is 4. The second-order valence-corrected chi connectivity index (χ2v) is 4.86. The first-order valence-corrected chi connectivity index (χ1v) is 6.71. The quantitative estimate of drug-likeness (QED) is 0.850. The van der Waals surface area contributed by atoms with Gasteiger partial charge in [0, 0.05) is 19.3 Å². The van der Waals surface area contributed by atoms with Crippen molar-refractivity contribution in [3.8, 4) is 0 Å². The molecule has 1 atom stereocenters. The molecule has 1 aromatic rings. The average molecular weight is 225 g/mol. The highest BCUT2D eigenvalue weighted by atomic mass is 32.1. The summed E-state index contributed by atoms with van der Waals surface area (Å²) in [5, 5.41) is 8.01. The van der Waals surface area contributed by atoms with Crippen molar-refractivity contribution in [1.29, 1.82) is 0 Å². The Bertz CT molecular complexity index is 253. The van der Waals surface area contributed by atoms with Gasteiger partial charge in [0.15, 0.2) is 0 Å². The third-order valence-electron chi connectivity index (χ3n) is 2.88. The normalized spacial score (nSPS) is 22.5. The Hall–Kier alpha value is -0.380. The van der Waals surface area contributed by atoms with Gasteiger partial charge < -0.3 is 10.1 Å². The van der Waals surface area contributed by atoms with E-state index in [0.717, 1.165) is 26.2 Å². The Morgan fingerprint density at radius 1 is 1.40 bits per heavy atom. The van der Waals surface area contributed by atoms with Gasteiger partial charge in [0.25, 0.3) is 0 Å². The van der Waals surface area contributed by atoms with Gasteiger partial charge in [-0.15, -0.1) is 0 Å². The fourth-order valence-electron chi connectivity index (χ4n) is 1.96. The Morgan fingerprint density at radius 3 is 3.27 bits per heavy atom. The number of hydrogen-bond acceptors (Lipinski definition) is 3. The van der Waals surface area contributed by atoms with Gasteiger partial charge in [0.2, 0.25) is 0 Å². The molecule has 1 aliphatic heterocycles. The fourth-order valence-corrected chi connectivity index (χ4v) is 2.67. The van der Waals surface area contributed by atoms with Crippen LogP contribution in [-0.2, 0) is 11.2 Å². The Kier molecular flexibility index (Phi) is 4.64. The van der Waals surface area contributed by atoms with Crippen LogP contribution in [0.3, 0.4) is 0 Å². The van der Waals surface area contributed by atoms with Crippen LogP contribution < -0.4 is 5.32 Å². The van der Waals surface area contributed by atoms with Gasteiger partial charge in [0.05, 0.1) is 0 Å². The second kappa shape index (κ2) is 6.26. The van der Waals surface area contributed by atoms with Gasteiger partial charge in [-0.1, -0.05) is 0 Å². The number of nitrogens with one attached hydrogen (secondary N) is 1. The topological polar surface area (TPSA) is 21.3 Å². The van der Waals surface area contributed by atoms with Gasteiger partial charge in [-0.2, -0.15) is 11.3 Å². The van der Waals surface area contributed by atoms with Gasteiger partial charge in [-0.25, -0.2) is 0 Å². The lowest BCUT2D eigenvalue weighted by molar-refractivity contribution is 0.142. The summed E-state index contributed by atoms with van der Waals surface area (Å²) in [6, 6.07) is 2.88. The van der Waals surface area contributed by atoms with E-state index in [-0.39, 0.29) is 0 Å². The monoisotopic (exact) mass is 225 g/mol. The molecule has 2 rings (SSSR count). The minimum Gasteiger partial charge on any atom is -0.381 e. The molecule has 0 aromatic carbocycles. The molecule has 1 unspecified atom stereocenters. The molecule has 2 heterocycles. The highest BCUT2D eigenvalue weighted by Gasteiger charge is 2.10. The van der Waals surface area contributed by atoms with Crippen molar-refractivity contribution < 1.29 is 4.74 Å². The first kappa shape index (κ1) is 11.1. The first-order valence-electron chi connectivity index (χ1n) is 5.77. The zero-order chi connectivity index (χ0) is 10.3. The lowest BCUT2D eigenvalue weighted by Crippen LogP contribution is -2.30. The third-order valence-corrected chi connectivity index (χ3v) is 3.61. The van der Waals surface area contributed by atoms with Crippen molar-refractivity contribution in [2.75, 3.05) is 19.8 Å². The van der Waals surface area contributed by atoms with E-state index in [1.807, 2.05) is 0 Å². The predicted molar refractivity (Wildman–Crippen MR) is 64.5 cm³/mol. The minimum absolute atomic E-state index is 0.672. The SMILES string of the molecule is c1cc(CCNC2CCCOCC2)cs1. The van der Waals surface area contributed by atoms with Crippen molar-refractivity contribution >= 4 is 11.3 Å². The van der Waals surface area contributed by atoms with Crippen molar-refractivity contribution in [1.82, 2.24) is 5.32 Å². The van der Waals surface area contributed by atoms with E-state index in [1.54, 1.807) is 11.3 Å². The first-order chi connectivity index (χ1) is 7.45. The van der Waals surface area contributed by atoms with Crippen LogP contribution in [0.25, 0.3) is 0 Å². The van der Waals surface area contributed by atoms with E-state index >= 15 is 0 Å². The maximum Gasteiger partial charge on any atom is 0.0480 e. The number of thiophene rings is 1. The van der Waals surface area contributed by atoms with Crippen LogP contribution in [0.5, 0.6) is 0 Å². The van der Waals surface area contributed by atoms with E-state index < -0.39 is 0 Å². The lowest BCUT2D eigenvalue weighted by Gasteiger charge is -2.14. The summed E-state index contributed by atoms with van der Waals surface area (Å²) in [5.74, 6) is 0. The molecule has 0 amide bonds. The van der Waals surface area contributed by atoms with Crippen molar-refractivity contribution in [3.63, 3.8) is 0 Å². The minimum atomic E-state index is 0.672.